The van der Waals surface area contributed by atoms with E-state index in [1.54, 1.807) is 0 Å². The number of amides is 1. The molecule has 40 valence electrons. The summed E-state index contributed by atoms with van der Waals surface area (Å²) in [5.74, 6) is -0.687. The first-order valence-electron chi connectivity index (χ1n) is 1.48. The van der Waals surface area contributed by atoms with E-state index < -0.39 is 12.0 Å². The highest BCUT2D eigenvalue weighted by atomic mass is 16.6. The highest BCUT2D eigenvalue weighted by Gasteiger charge is 1.91. The molecule has 0 aromatic rings. The molecule has 0 spiro atoms. The van der Waals surface area contributed by atoms with Crippen LogP contribution in [0.25, 0.3) is 0 Å². The summed E-state index contributed by atoms with van der Waals surface area (Å²) in [6, 6.07) is 0. The molecule has 0 aliphatic carbocycles. The van der Waals surface area contributed by atoms with E-state index in [1.165, 1.54) is 0 Å². The topological polar surface area (TPSA) is 72.6 Å². The summed E-state index contributed by atoms with van der Waals surface area (Å²) >= 11 is 0. The maximum absolute atomic E-state index is 9.59. The lowest BCUT2D eigenvalue weighted by Gasteiger charge is -1.91. The fraction of sp³-hybridized carbons (Fsp3) is 0. The Morgan fingerprint density at radius 2 is 2.29 bits per heavy atom. The lowest BCUT2D eigenvalue weighted by atomic mass is 11.0. The highest BCUT2D eigenvalue weighted by molar-refractivity contribution is 5.65. The van der Waals surface area contributed by atoms with Gasteiger partial charge in [0.15, 0.2) is 0 Å². The number of hydrogen-bond donors (Lipinski definition) is 2. The molecule has 3 N–H and O–H groups in total. The molecule has 4 heteroatoms. The van der Waals surface area contributed by atoms with Gasteiger partial charge in [0.25, 0.3) is 5.95 Å². The zero-order valence-corrected chi connectivity index (χ0v) is 3.55. The molecule has 0 radical (unpaired) electrons. The van der Waals surface area contributed by atoms with E-state index in [2.05, 4.69) is 17.0 Å². The quantitative estimate of drug-likeness (QED) is 0.462. The minimum Gasteiger partial charge on any atom is -0.481 e. The lowest BCUT2D eigenvalue weighted by molar-refractivity contribution is 0.130. The molecular formula is C3H5NO3. The van der Waals surface area contributed by atoms with Crippen molar-refractivity contribution in [3.63, 3.8) is 0 Å². The number of nitrogens with two attached hydrogens (primary N) is 1. The van der Waals surface area contributed by atoms with E-state index in [0.29, 0.717) is 0 Å². The van der Waals surface area contributed by atoms with Gasteiger partial charge in [-0.05, 0) is 6.58 Å². The van der Waals surface area contributed by atoms with Crippen molar-refractivity contribution in [1.29, 1.82) is 0 Å². The lowest BCUT2D eigenvalue weighted by Crippen LogP contribution is -2.11. The fourth-order valence-corrected chi connectivity index (χ4v) is 0.116. The maximum Gasteiger partial charge on any atom is 0.412 e. The van der Waals surface area contributed by atoms with Crippen molar-refractivity contribution in [3.05, 3.63) is 12.5 Å². The number of aliphatic hydroxyl groups excluding tert-OH is 1. The van der Waals surface area contributed by atoms with Crippen LogP contribution in [0.4, 0.5) is 4.79 Å². The predicted molar refractivity (Wildman–Crippen MR) is 22.4 cm³/mol. The van der Waals surface area contributed by atoms with Crippen LogP contribution in [0.3, 0.4) is 0 Å². The normalized spacial score (nSPS) is 7.43. The summed E-state index contributed by atoms with van der Waals surface area (Å²) in [6.45, 7) is 2.83. The third-order valence-electron chi connectivity index (χ3n) is 0.218. The Morgan fingerprint density at radius 3 is 2.29 bits per heavy atom. The molecule has 0 saturated carbocycles. The number of carbonyl (C=O) groups is 1. The van der Waals surface area contributed by atoms with E-state index in [-0.39, 0.29) is 0 Å². The average Bonchev–Trinajstić information content (AvgIpc) is 1.27. The van der Waals surface area contributed by atoms with Gasteiger partial charge in [-0.3, -0.25) is 0 Å². The number of primary amides is 1. The predicted octanol–water partition coefficient (Wildman–Crippen LogP) is 0.111. The smallest absolute Gasteiger partial charge is 0.412 e. The van der Waals surface area contributed by atoms with Crippen LogP contribution in [-0.4, -0.2) is 11.2 Å². The fourth-order valence-electron chi connectivity index (χ4n) is 0.116. The van der Waals surface area contributed by atoms with E-state index >= 15 is 0 Å². The van der Waals surface area contributed by atoms with Crippen LogP contribution in [0, 0.1) is 0 Å². The molecular weight excluding hydrogens is 98.0 g/mol. The number of hydrogen-bond acceptors (Lipinski definition) is 3. The van der Waals surface area contributed by atoms with Gasteiger partial charge >= 0.3 is 6.09 Å². The summed E-state index contributed by atoms with van der Waals surface area (Å²) in [6.07, 6.45) is -1.06. The second kappa shape index (κ2) is 2.07. The van der Waals surface area contributed by atoms with Crippen molar-refractivity contribution < 1.29 is 14.6 Å². The van der Waals surface area contributed by atoms with Crippen LogP contribution < -0.4 is 5.73 Å². The van der Waals surface area contributed by atoms with Gasteiger partial charge in [-0.1, -0.05) is 0 Å². The Hall–Kier alpha value is -1.19. The van der Waals surface area contributed by atoms with Gasteiger partial charge in [-0.25, -0.2) is 4.79 Å². The van der Waals surface area contributed by atoms with Crippen LogP contribution in [0.5, 0.6) is 0 Å². The highest BCUT2D eigenvalue weighted by Crippen LogP contribution is 1.81. The van der Waals surface area contributed by atoms with Crippen molar-refractivity contribution in [3.8, 4) is 0 Å². The Bertz CT molecular complexity index is 86.4. The first-order chi connectivity index (χ1) is 3.13. The zero-order valence-electron chi connectivity index (χ0n) is 3.55. The molecule has 4 nitrogen and oxygen atoms in total. The molecule has 0 saturated heterocycles. The van der Waals surface area contributed by atoms with Crippen LogP contribution >= 0.6 is 0 Å². The maximum atomic E-state index is 9.59. The molecule has 0 atom stereocenters. The molecule has 1 amide bonds. The van der Waals surface area contributed by atoms with Crippen molar-refractivity contribution in [2.24, 2.45) is 5.73 Å². The third-order valence-corrected chi connectivity index (χ3v) is 0.218. The van der Waals surface area contributed by atoms with E-state index in [9.17, 15) is 4.79 Å². The Kier molecular flexibility index (Phi) is 1.72. The van der Waals surface area contributed by atoms with Crippen LogP contribution in [0.1, 0.15) is 0 Å². The van der Waals surface area contributed by atoms with Crippen molar-refractivity contribution in [2.75, 3.05) is 0 Å². The molecule has 7 heavy (non-hydrogen) atoms. The van der Waals surface area contributed by atoms with Gasteiger partial charge in [-0.2, -0.15) is 0 Å². The SMILES string of the molecule is C=C(O)OC(N)=O. The standard InChI is InChI=1S/C3H5NO3/c1-2(5)7-3(4)6/h5H,1H2,(H2,4,6). The average molecular weight is 103 g/mol. The first-order valence-corrected chi connectivity index (χ1v) is 1.48. The molecule has 0 aromatic heterocycles. The van der Waals surface area contributed by atoms with Gasteiger partial charge in [-0.15, -0.1) is 0 Å². The summed E-state index contributed by atoms with van der Waals surface area (Å²) < 4.78 is 3.75. The number of rotatable bonds is 1. The molecule has 0 fully saturated rings. The largest absolute Gasteiger partial charge is 0.481 e. The van der Waals surface area contributed by atoms with E-state index in [0.717, 1.165) is 0 Å². The molecule has 0 aromatic carbocycles. The van der Waals surface area contributed by atoms with E-state index in [1.807, 2.05) is 0 Å². The Balaban J connectivity index is 3.32. The van der Waals surface area contributed by atoms with Gasteiger partial charge in [0.05, 0.1) is 0 Å². The van der Waals surface area contributed by atoms with Gasteiger partial charge < -0.3 is 15.6 Å². The molecule has 0 bridgehead atoms. The molecule has 0 aliphatic rings. The third kappa shape index (κ3) is 4.81. The minimum atomic E-state index is -1.06. The Labute approximate surface area is 40.2 Å². The summed E-state index contributed by atoms with van der Waals surface area (Å²) in [7, 11) is 0. The second-order valence-electron chi connectivity index (χ2n) is 0.815. The van der Waals surface area contributed by atoms with Crippen molar-refractivity contribution in [1.82, 2.24) is 0 Å². The molecule has 0 aliphatic heterocycles. The van der Waals surface area contributed by atoms with Crippen LogP contribution in [0.15, 0.2) is 12.5 Å². The van der Waals surface area contributed by atoms with Crippen LogP contribution in [-0.2, 0) is 4.74 Å². The summed E-state index contributed by atoms with van der Waals surface area (Å²) in [5, 5.41) is 8.01. The first kappa shape index (κ1) is 5.81. The molecule has 0 unspecified atom stereocenters. The number of aliphatic hydroxyl groups is 1. The van der Waals surface area contributed by atoms with Crippen LogP contribution in [0.2, 0.25) is 0 Å². The van der Waals surface area contributed by atoms with Gasteiger partial charge in [0, 0.05) is 0 Å². The van der Waals surface area contributed by atoms with E-state index in [4.69, 9.17) is 5.11 Å². The summed E-state index contributed by atoms with van der Waals surface area (Å²) in [4.78, 5) is 9.59. The minimum absolute atomic E-state index is 0.687. The number of carbonyl (C=O) groups excluding carboxylic acids is 1. The molecule has 0 rings (SSSR count). The second-order valence-corrected chi connectivity index (χ2v) is 0.815. The summed E-state index contributed by atoms with van der Waals surface area (Å²) in [5.41, 5.74) is 4.41. The van der Waals surface area contributed by atoms with Crippen molar-refractivity contribution >= 4 is 6.09 Å². The Morgan fingerprint density at radius 1 is 1.86 bits per heavy atom. The zero-order chi connectivity index (χ0) is 5.86. The molecule has 0 heterocycles. The van der Waals surface area contributed by atoms with Crippen molar-refractivity contribution in [2.45, 2.75) is 0 Å². The van der Waals surface area contributed by atoms with Gasteiger partial charge in [0.1, 0.15) is 0 Å². The number of ether oxygens (including phenoxy) is 1. The van der Waals surface area contributed by atoms with Gasteiger partial charge in [0.2, 0.25) is 0 Å². The monoisotopic (exact) mass is 103 g/mol.